The summed E-state index contributed by atoms with van der Waals surface area (Å²) in [5, 5.41) is 50.2. The maximum atomic E-state index is 14.6. The summed E-state index contributed by atoms with van der Waals surface area (Å²) < 4.78 is 23.3. The summed E-state index contributed by atoms with van der Waals surface area (Å²) in [5.41, 5.74) is -6.83. The highest BCUT2D eigenvalue weighted by Crippen LogP contribution is 2.64. The van der Waals surface area contributed by atoms with Gasteiger partial charge in [0.1, 0.15) is 30.0 Å². The number of aliphatic hydroxyl groups excluding tert-OH is 3. The summed E-state index contributed by atoms with van der Waals surface area (Å²) in [5.74, 6) is -5.65. The number of nitrogens with one attached hydrogen (secondary N) is 1. The van der Waals surface area contributed by atoms with Gasteiger partial charge in [0.05, 0.1) is 30.1 Å². The molecular formula is C35H45NO13. The molecule has 3 fully saturated rings. The van der Waals surface area contributed by atoms with Crippen molar-refractivity contribution < 1.29 is 63.3 Å². The molecule has 14 heteroatoms. The van der Waals surface area contributed by atoms with E-state index >= 15 is 0 Å². The van der Waals surface area contributed by atoms with Crippen LogP contribution in [0, 0.1) is 16.7 Å². The second-order valence-corrected chi connectivity index (χ2v) is 14.5. The number of hydrogen-bond acceptors (Lipinski definition) is 13. The van der Waals surface area contributed by atoms with Crippen molar-refractivity contribution in [1.82, 2.24) is 5.32 Å². The third-order valence-electron chi connectivity index (χ3n) is 11.3. The molecule has 5 N–H and O–H groups in total. The number of aliphatic hydroxyl groups is 4. The number of ether oxygens (including phenoxy) is 4. The van der Waals surface area contributed by atoms with Crippen molar-refractivity contribution in [3.8, 4) is 0 Å². The number of Topliss-reactive ketones (excluding diaryl/α,β-unsaturated/α-hetero) is 1. The van der Waals surface area contributed by atoms with Gasteiger partial charge in [0.25, 0.3) is 0 Å². The Labute approximate surface area is 283 Å². The third-order valence-corrected chi connectivity index (χ3v) is 11.3. The van der Waals surface area contributed by atoms with Crippen LogP contribution in [0.3, 0.4) is 0 Å². The lowest BCUT2D eigenvalue weighted by molar-refractivity contribution is -0.347. The van der Waals surface area contributed by atoms with E-state index < -0.39 is 107 Å². The van der Waals surface area contributed by atoms with E-state index in [0.717, 1.165) is 13.8 Å². The Morgan fingerprint density at radius 1 is 1.00 bits per heavy atom. The number of amides is 1. The summed E-state index contributed by atoms with van der Waals surface area (Å²) in [4.78, 5) is 65.7. The van der Waals surface area contributed by atoms with E-state index in [1.54, 1.807) is 44.2 Å². The van der Waals surface area contributed by atoms with Crippen LogP contribution in [-0.2, 0) is 42.9 Å². The van der Waals surface area contributed by atoms with Crippen molar-refractivity contribution in [2.45, 2.75) is 115 Å². The average molecular weight is 688 g/mol. The molecule has 0 aromatic heterocycles. The first-order valence-electron chi connectivity index (χ1n) is 16.3. The Morgan fingerprint density at radius 2 is 1.63 bits per heavy atom. The van der Waals surface area contributed by atoms with Gasteiger partial charge in [-0.25, -0.2) is 4.79 Å². The predicted octanol–water partition coefficient (Wildman–Crippen LogP) is 0.577. The molecule has 0 spiro atoms. The number of carbonyl (C=O) groups excluding carboxylic acids is 5. The van der Waals surface area contributed by atoms with Gasteiger partial charge in [0.15, 0.2) is 17.5 Å². The van der Waals surface area contributed by atoms with Gasteiger partial charge in [0.2, 0.25) is 5.91 Å². The van der Waals surface area contributed by atoms with Crippen molar-refractivity contribution in [2.75, 3.05) is 6.61 Å². The standard InChI is InChI=1S/C35H45NO13/c1-16-21(48-31(44)27(42)25(36-17(2)37)20-11-9-8-10-12-20)14-35(45)30(47-18(3)38)28-33(7,29(43)26(41)24(16)32(35,5)6)22(40)13-23-34(28,15-46-23)49-19(4)39/h8-12,21-23,25-28,30,40-42,45H,13-15H2,1-7H3,(H,36,37)/t21?,22?,23?,25?,26?,27?,28?,30?,33-,34?,35?/m1/s1. The fourth-order valence-corrected chi connectivity index (χ4v) is 8.77. The summed E-state index contributed by atoms with van der Waals surface area (Å²) >= 11 is 0. The summed E-state index contributed by atoms with van der Waals surface area (Å²) in [7, 11) is 0. The molecule has 14 nitrogen and oxygen atoms in total. The van der Waals surface area contributed by atoms with Crippen LogP contribution >= 0.6 is 0 Å². The molecule has 268 valence electrons. The molecule has 49 heavy (non-hydrogen) atoms. The van der Waals surface area contributed by atoms with Crippen molar-refractivity contribution in [3.05, 3.63) is 47.0 Å². The van der Waals surface area contributed by atoms with Crippen LogP contribution in [0.1, 0.15) is 72.9 Å². The highest BCUT2D eigenvalue weighted by atomic mass is 16.6. The molecule has 3 aliphatic carbocycles. The second kappa shape index (κ2) is 12.6. The third kappa shape index (κ3) is 5.57. The van der Waals surface area contributed by atoms with Crippen LogP contribution in [0.15, 0.2) is 41.5 Å². The van der Waals surface area contributed by atoms with Crippen LogP contribution in [-0.4, -0.2) is 104 Å². The van der Waals surface area contributed by atoms with Gasteiger partial charge in [-0.1, -0.05) is 44.2 Å². The number of benzene rings is 1. The predicted molar refractivity (Wildman–Crippen MR) is 168 cm³/mol. The highest BCUT2D eigenvalue weighted by Gasteiger charge is 2.78. The van der Waals surface area contributed by atoms with Crippen LogP contribution in [0.2, 0.25) is 0 Å². The van der Waals surface area contributed by atoms with E-state index in [0.29, 0.717) is 5.56 Å². The molecule has 2 bridgehead atoms. The largest absolute Gasteiger partial charge is 0.459 e. The molecule has 11 atom stereocenters. The zero-order chi connectivity index (χ0) is 36.4. The normalized spacial score (nSPS) is 37.5. The number of esters is 3. The maximum Gasteiger partial charge on any atom is 0.338 e. The molecule has 1 amide bonds. The van der Waals surface area contributed by atoms with Gasteiger partial charge in [-0.05, 0) is 30.6 Å². The zero-order valence-corrected chi connectivity index (χ0v) is 28.6. The lowest BCUT2D eigenvalue weighted by Crippen LogP contribution is -2.81. The first kappa shape index (κ1) is 36.6. The summed E-state index contributed by atoms with van der Waals surface area (Å²) in [6.07, 6.45) is -10.00. The topological polar surface area (TPSA) is 215 Å². The lowest BCUT2D eigenvalue weighted by Gasteiger charge is -2.67. The number of rotatable bonds is 7. The fourth-order valence-electron chi connectivity index (χ4n) is 8.77. The molecule has 1 aliphatic heterocycles. The van der Waals surface area contributed by atoms with E-state index in [2.05, 4.69) is 5.32 Å². The number of ketones is 1. The van der Waals surface area contributed by atoms with Gasteiger partial charge in [0, 0.05) is 39.0 Å². The van der Waals surface area contributed by atoms with E-state index in [-0.39, 0.29) is 24.2 Å². The Balaban J connectivity index is 1.66. The molecule has 1 aromatic rings. The molecule has 5 rings (SSSR count). The Kier molecular flexibility index (Phi) is 9.39. The van der Waals surface area contributed by atoms with Crippen molar-refractivity contribution in [3.63, 3.8) is 0 Å². The molecular weight excluding hydrogens is 642 g/mol. The maximum absolute atomic E-state index is 14.6. The minimum atomic E-state index is -2.25. The van der Waals surface area contributed by atoms with Gasteiger partial charge >= 0.3 is 17.9 Å². The van der Waals surface area contributed by atoms with Crippen LogP contribution in [0.4, 0.5) is 0 Å². The van der Waals surface area contributed by atoms with Crippen LogP contribution in [0.5, 0.6) is 0 Å². The van der Waals surface area contributed by atoms with Gasteiger partial charge in [-0.15, -0.1) is 0 Å². The van der Waals surface area contributed by atoms with E-state index in [4.69, 9.17) is 18.9 Å². The average Bonchev–Trinajstić information content (AvgIpc) is 3.01. The van der Waals surface area contributed by atoms with Crippen molar-refractivity contribution >= 4 is 29.6 Å². The molecule has 1 aromatic carbocycles. The number of hydrogen-bond donors (Lipinski definition) is 5. The van der Waals surface area contributed by atoms with Crippen molar-refractivity contribution in [1.29, 1.82) is 0 Å². The second-order valence-electron chi connectivity index (χ2n) is 14.5. The summed E-state index contributed by atoms with van der Waals surface area (Å²) in [6.45, 7) is 9.21. The first-order chi connectivity index (χ1) is 22.7. The molecule has 1 heterocycles. The highest BCUT2D eigenvalue weighted by molar-refractivity contribution is 5.93. The minimum Gasteiger partial charge on any atom is -0.459 e. The van der Waals surface area contributed by atoms with E-state index in [1.807, 2.05) is 0 Å². The minimum absolute atomic E-state index is 0.0300. The Bertz CT molecular complexity index is 1570. The van der Waals surface area contributed by atoms with Crippen molar-refractivity contribution in [2.24, 2.45) is 16.7 Å². The lowest BCUT2D eigenvalue weighted by atomic mass is 9.44. The zero-order valence-electron chi connectivity index (χ0n) is 28.6. The van der Waals surface area contributed by atoms with Gasteiger partial charge in [-0.3, -0.25) is 19.2 Å². The number of fused-ring (bicyclic) bond motifs is 5. The van der Waals surface area contributed by atoms with E-state index in [1.165, 1.54) is 20.8 Å². The number of carbonyl (C=O) groups is 5. The smallest absolute Gasteiger partial charge is 0.338 e. The van der Waals surface area contributed by atoms with Crippen LogP contribution < -0.4 is 5.32 Å². The summed E-state index contributed by atoms with van der Waals surface area (Å²) in [6, 6.07) is 7.03. The Morgan fingerprint density at radius 3 is 2.16 bits per heavy atom. The van der Waals surface area contributed by atoms with Gasteiger partial charge < -0.3 is 44.7 Å². The fraction of sp³-hybridized carbons (Fsp3) is 0.629. The first-order valence-corrected chi connectivity index (χ1v) is 16.3. The molecule has 10 unspecified atom stereocenters. The quantitative estimate of drug-likeness (QED) is 0.151. The van der Waals surface area contributed by atoms with Crippen LogP contribution in [0.25, 0.3) is 0 Å². The molecule has 1 saturated heterocycles. The van der Waals surface area contributed by atoms with Gasteiger partial charge in [-0.2, -0.15) is 0 Å². The monoisotopic (exact) mass is 687 g/mol. The Hall–Kier alpha value is -3.69. The SMILES string of the molecule is CC(=O)NC(c1ccccc1)C(O)C(=O)OC1CC2(O)C(OC(C)=O)C3C4(OC(C)=O)COC4CC(O)[C@@]3(C)C(=O)C(O)C(=C1C)C2(C)C. The molecule has 4 aliphatic rings. The molecule has 0 radical (unpaired) electrons. The molecule has 2 saturated carbocycles. The van der Waals surface area contributed by atoms with E-state index in [9.17, 15) is 44.4 Å².